The minimum atomic E-state index is -4.26. The molecule has 4 nitrogen and oxygen atoms in total. The van der Waals surface area contributed by atoms with Gasteiger partial charge in [0.05, 0.1) is 5.56 Å². The van der Waals surface area contributed by atoms with E-state index in [4.69, 9.17) is 5.11 Å². The number of carboxylic acids is 1. The molecule has 1 aromatic rings. The van der Waals surface area contributed by atoms with E-state index in [0.29, 0.717) is 12.1 Å². The number of aryl methyl sites for hydroxylation is 1. The highest BCUT2D eigenvalue weighted by atomic mass is 32.2. The number of alkyl halides is 3. The number of aromatic carboxylic acids is 1. The first kappa shape index (κ1) is 16.6. The molecule has 1 rings (SSSR count). The fourth-order valence-corrected chi connectivity index (χ4v) is 1.97. The summed E-state index contributed by atoms with van der Waals surface area (Å²) < 4.78 is 35.9. The lowest BCUT2D eigenvalue weighted by Crippen LogP contribution is -2.12. The third-order valence-corrected chi connectivity index (χ3v) is 3.04. The van der Waals surface area contributed by atoms with Gasteiger partial charge in [0.15, 0.2) is 0 Å². The minimum Gasteiger partial charge on any atom is -0.478 e. The Morgan fingerprint density at radius 2 is 2.15 bits per heavy atom. The van der Waals surface area contributed by atoms with E-state index in [1.165, 1.54) is 12.1 Å². The Kier molecular flexibility index (Phi) is 6.12. The molecule has 0 radical (unpaired) electrons. The van der Waals surface area contributed by atoms with Gasteiger partial charge in [0.25, 0.3) is 0 Å². The summed E-state index contributed by atoms with van der Waals surface area (Å²) >= 11 is -0.129. The highest BCUT2D eigenvalue weighted by Crippen LogP contribution is 2.29. The second-order valence-electron chi connectivity index (χ2n) is 4.01. The van der Waals surface area contributed by atoms with Gasteiger partial charge >= 0.3 is 11.5 Å². The lowest BCUT2D eigenvalue weighted by molar-refractivity contribution is -0.0327. The van der Waals surface area contributed by atoms with Gasteiger partial charge in [-0.1, -0.05) is 13.3 Å². The van der Waals surface area contributed by atoms with Crippen LogP contribution < -0.4 is 5.32 Å². The lowest BCUT2D eigenvalue weighted by atomic mass is 10.1. The summed E-state index contributed by atoms with van der Waals surface area (Å²) in [6.45, 7) is 1.99. The smallest absolute Gasteiger partial charge is 0.441 e. The minimum absolute atomic E-state index is 0.0613. The van der Waals surface area contributed by atoms with Crippen molar-refractivity contribution < 1.29 is 23.1 Å². The number of pyridine rings is 1. The van der Waals surface area contributed by atoms with E-state index in [9.17, 15) is 18.0 Å². The van der Waals surface area contributed by atoms with Crippen LogP contribution in [0.3, 0.4) is 0 Å². The Morgan fingerprint density at radius 3 is 2.70 bits per heavy atom. The first-order chi connectivity index (χ1) is 9.31. The van der Waals surface area contributed by atoms with Gasteiger partial charge in [-0.15, -0.1) is 0 Å². The number of nitrogens with one attached hydrogen (secondary N) is 1. The van der Waals surface area contributed by atoms with Crippen molar-refractivity contribution in [1.82, 2.24) is 4.98 Å². The fraction of sp³-hybridized carbons (Fsp3) is 0.500. The number of rotatable bonds is 7. The zero-order valence-electron chi connectivity index (χ0n) is 10.8. The van der Waals surface area contributed by atoms with Gasteiger partial charge in [0, 0.05) is 18.0 Å². The quantitative estimate of drug-likeness (QED) is 0.756. The SMILES string of the molecule is CCCc1cc(C(=O)O)cc(NCCSC(F)(F)F)n1. The Bertz CT molecular complexity index is 467. The standard InChI is InChI=1S/C12H15F3N2O2S/c1-2-3-9-6-8(11(18)19)7-10(17-9)16-4-5-20-12(13,14)15/h6-7H,2-5H2,1H3,(H,16,17)(H,18,19). The maximum absolute atomic E-state index is 12.0. The van der Waals surface area contributed by atoms with E-state index in [2.05, 4.69) is 10.3 Å². The molecule has 0 unspecified atom stereocenters. The van der Waals surface area contributed by atoms with Crippen LogP contribution in [0.5, 0.6) is 0 Å². The Morgan fingerprint density at radius 1 is 1.45 bits per heavy atom. The molecule has 0 aliphatic carbocycles. The monoisotopic (exact) mass is 308 g/mol. The summed E-state index contributed by atoms with van der Waals surface area (Å²) in [4.78, 5) is 15.1. The van der Waals surface area contributed by atoms with Gasteiger partial charge in [-0.05, 0) is 30.3 Å². The van der Waals surface area contributed by atoms with Gasteiger partial charge in [0.1, 0.15) is 5.82 Å². The zero-order chi connectivity index (χ0) is 15.2. The van der Waals surface area contributed by atoms with Crippen LogP contribution >= 0.6 is 11.8 Å². The number of nitrogens with zero attached hydrogens (tertiary/aromatic N) is 1. The van der Waals surface area contributed by atoms with Crippen LogP contribution in [0.1, 0.15) is 29.4 Å². The van der Waals surface area contributed by atoms with E-state index in [1.807, 2.05) is 6.92 Å². The molecule has 0 fully saturated rings. The van der Waals surface area contributed by atoms with Crippen LogP contribution in [0, 0.1) is 0 Å². The van der Waals surface area contributed by atoms with Gasteiger partial charge in [-0.2, -0.15) is 13.2 Å². The zero-order valence-corrected chi connectivity index (χ0v) is 11.6. The molecule has 0 amide bonds. The van der Waals surface area contributed by atoms with Crippen molar-refractivity contribution in [3.63, 3.8) is 0 Å². The highest BCUT2D eigenvalue weighted by molar-refractivity contribution is 8.00. The topological polar surface area (TPSA) is 62.2 Å². The fourth-order valence-electron chi connectivity index (χ4n) is 1.53. The van der Waals surface area contributed by atoms with E-state index in [-0.39, 0.29) is 35.4 Å². The number of halogens is 3. The molecule has 8 heteroatoms. The molecule has 0 aliphatic heterocycles. The van der Waals surface area contributed by atoms with Crippen molar-refractivity contribution in [3.05, 3.63) is 23.4 Å². The van der Waals surface area contributed by atoms with Crippen LogP contribution in [0.2, 0.25) is 0 Å². The van der Waals surface area contributed by atoms with Crippen molar-refractivity contribution in [2.24, 2.45) is 0 Å². The number of thioether (sulfide) groups is 1. The van der Waals surface area contributed by atoms with E-state index >= 15 is 0 Å². The van der Waals surface area contributed by atoms with Gasteiger partial charge in [-0.25, -0.2) is 9.78 Å². The molecule has 0 bridgehead atoms. The highest BCUT2D eigenvalue weighted by Gasteiger charge is 2.27. The third kappa shape index (κ3) is 6.14. The summed E-state index contributed by atoms with van der Waals surface area (Å²) in [5.41, 5.74) is -3.57. The Labute approximate surface area is 118 Å². The molecular weight excluding hydrogens is 293 g/mol. The van der Waals surface area contributed by atoms with Crippen molar-refractivity contribution in [2.75, 3.05) is 17.6 Å². The predicted octanol–water partition coefficient (Wildman–Crippen LogP) is 3.40. The maximum atomic E-state index is 12.0. The third-order valence-electron chi connectivity index (χ3n) is 2.31. The van der Waals surface area contributed by atoms with Crippen molar-refractivity contribution in [3.8, 4) is 0 Å². The second kappa shape index (κ2) is 7.37. The normalized spacial score (nSPS) is 11.4. The van der Waals surface area contributed by atoms with Gasteiger partial charge < -0.3 is 10.4 Å². The van der Waals surface area contributed by atoms with Crippen molar-refractivity contribution in [1.29, 1.82) is 0 Å². The van der Waals surface area contributed by atoms with Crippen LogP contribution in [0.4, 0.5) is 19.0 Å². The molecular formula is C12H15F3N2O2S. The molecule has 20 heavy (non-hydrogen) atoms. The molecule has 0 aromatic carbocycles. The molecule has 0 aliphatic rings. The summed E-state index contributed by atoms with van der Waals surface area (Å²) in [5, 5.41) is 11.7. The molecule has 0 saturated carbocycles. The molecule has 0 saturated heterocycles. The lowest BCUT2D eigenvalue weighted by Gasteiger charge is -2.09. The van der Waals surface area contributed by atoms with Crippen LogP contribution in [0.15, 0.2) is 12.1 Å². The molecule has 112 valence electrons. The number of anilines is 1. The molecule has 0 atom stereocenters. The van der Waals surface area contributed by atoms with Crippen molar-refractivity contribution >= 4 is 23.5 Å². The molecule has 1 heterocycles. The number of hydrogen-bond acceptors (Lipinski definition) is 4. The summed E-state index contributed by atoms with van der Waals surface area (Å²) in [6.07, 6.45) is 1.42. The number of carbonyl (C=O) groups is 1. The van der Waals surface area contributed by atoms with E-state index in [0.717, 1.165) is 6.42 Å². The Hall–Kier alpha value is -1.44. The van der Waals surface area contributed by atoms with Crippen LogP contribution in [-0.4, -0.2) is 33.9 Å². The number of hydrogen-bond donors (Lipinski definition) is 2. The average Bonchev–Trinajstić information content (AvgIpc) is 2.33. The van der Waals surface area contributed by atoms with Gasteiger partial charge in [0.2, 0.25) is 0 Å². The summed E-state index contributed by atoms with van der Waals surface area (Å²) in [5.74, 6) is -0.959. The van der Waals surface area contributed by atoms with Crippen molar-refractivity contribution in [2.45, 2.75) is 25.3 Å². The predicted molar refractivity (Wildman–Crippen MR) is 72.2 cm³/mol. The molecule has 1 aromatic heterocycles. The second-order valence-corrected chi connectivity index (χ2v) is 5.17. The van der Waals surface area contributed by atoms with E-state index < -0.39 is 11.5 Å². The van der Waals surface area contributed by atoms with E-state index in [1.54, 1.807) is 0 Å². The summed E-state index contributed by atoms with van der Waals surface area (Å²) in [7, 11) is 0. The van der Waals surface area contributed by atoms with Crippen LogP contribution in [0.25, 0.3) is 0 Å². The number of aromatic nitrogens is 1. The summed E-state index contributed by atoms with van der Waals surface area (Å²) in [6, 6.07) is 2.79. The Balaban J connectivity index is 2.66. The number of carboxylic acid groups (broad SMARTS) is 1. The maximum Gasteiger partial charge on any atom is 0.441 e. The first-order valence-electron chi connectivity index (χ1n) is 6.00. The molecule has 2 N–H and O–H groups in total. The largest absolute Gasteiger partial charge is 0.478 e. The average molecular weight is 308 g/mol. The first-order valence-corrected chi connectivity index (χ1v) is 6.99. The van der Waals surface area contributed by atoms with Gasteiger partial charge in [-0.3, -0.25) is 0 Å². The van der Waals surface area contributed by atoms with Crippen LogP contribution in [-0.2, 0) is 6.42 Å². The molecule has 0 spiro atoms.